The molecular weight excluding hydrogens is 230 g/mol. The van der Waals surface area contributed by atoms with Gasteiger partial charge in [-0.25, -0.2) is 22.3 Å². The van der Waals surface area contributed by atoms with E-state index >= 15 is 0 Å². The Morgan fingerprint density at radius 3 is 2.40 bits per heavy atom. The minimum atomic E-state index is -4.32. The highest BCUT2D eigenvalue weighted by atomic mass is 32.2. The highest BCUT2D eigenvalue weighted by Gasteiger charge is 2.23. The van der Waals surface area contributed by atoms with Crippen molar-refractivity contribution in [3.63, 3.8) is 0 Å². The summed E-state index contributed by atoms with van der Waals surface area (Å²) in [5.41, 5.74) is -1.76. The lowest BCUT2D eigenvalue weighted by molar-refractivity contribution is 0.146. The summed E-state index contributed by atoms with van der Waals surface area (Å²) in [5, 5.41) is 4.72. The average Bonchev–Trinajstić information content (AvgIpc) is 1.99. The number of halogens is 2. The van der Waals surface area contributed by atoms with Gasteiger partial charge in [0.15, 0.2) is 0 Å². The van der Waals surface area contributed by atoms with Crippen LogP contribution in [0.2, 0.25) is 0 Å². The number of hydrogen-bond acceptors (Lipinski definition) is 3. The number of sulfonamides is 1. The normalized spacial score (nSPS) is 12.1. The molecule has 0 unspecified atom stereocenters. The number of primary sulfonamides is 1. The van der Waals surface area contributed by atoms with Gasteiger partial charge in [-0.1, -0.05) is 0 Å². The Balaban J connectivity index is 3.70. The summed E-state index contributed by atoms with van der Waals surface area (Å²) in [5.74, 6) is 0. The Morgan fingerprint density at radius 1 is 1.47 bits per heavy atom. The number of pyridine rings is 1. The topological polar surface area (TPSA) is 93.0 Å². The lowest BCUT2D eigenvalue weighted by atomic mass is 10.2. The maximum atomic E-state index is 12.5. The molecular formula is C7H8F2N2O3S. The van der Waals surface area contributed by atoms with Crippen molar-refractivity contribution in [1.82, 2.24) is 4.98 Å². The van der Waals surface area contributed by atoms with E-state index in [-0.39, 0.29) is 5.69 Å². The molecule has 0 spiro atoms. The van der Waals surface area contributed by atoms with Crippen molar-refractivity contribution >= 4 is 10.0 Å². The van der Waals surface area contributed by atoms with Crippen LogP contribution in [-0.4, -0.2) is 13.4 Å². The lowest BCUT2D eigenvalue weighted by Gasteiger charge is -2.08. The number of hydrogen-bond donors (Lipinski definition) is 2. The summed E-state index contributed by atoms with van der Waals surface area (Å²) < 4.78 is 46.9. The minimum Gasteiger partial charge on any atom is -0.326 e. The predicted molar refractivity (Wildman–Crippen MR) is 48.1 cm³/mol. The Hall–Kier alpha value is -1.28. The van der Waals surface area contributed by atoms with Crippen molar-refractivity contribution in [2.24, 2.45) is 5.14 Å². The van der Waals surface area contributed by atoms with Crippen LogP contribution in [0.15, 0.2) is 15.8 Å². The molecule has 0 atom stereocenters. The molecule has 0 aromatic carbocycles. The molecule has 3 N–H and O–H groups in total. The van der Waals surface area contributed by atoms with Crippen molar-refractivity contribution in [1.29, 1.82) is 0 Å². The fourth-order valence-corrected chi connectivity index (χ4v) is 2.00. The van der Waals surface area contributed by atoms with Crippen LogP contribution in [0.5, 0.6) is 0 Å². The number of alkyl halides is 2. The van der Waals surface area contributed by atoms with E-state index in [0.29, 0.717) is 6.07 Å². The molecule has 1 aromatic heterocycles. The first-order valence-corrected chi connectivity index (χ1v) is 5.33. The lowest BCUT2D eigenvalue weighted by Crippen LogP contribution is -2.20. The highest BCUT2D eigenvalue weighted by molar-refractivity contribution is 7.89. The first-order valence-electron chi connectivity index (χ1n) is 3.78. The molecule has 0 amide bonds. The van der Waals surface area contributed by atoms with Crippen LogP contribution in [0.1, 0.15) is 17.7 Å². The van der Waals surface area contributed by atoms with Gasteiger partial charge in [-0.15, -0.1) is 0 Å². The van der Waals surface area contributed by atoms with Crippen molar-refractivity contribution in [3.05, 3.63) is 27.7 Å². The molecule has 0 bridgehead atoms. The molecule has 84 valence electrons. The summed E-state index contributed by atoms with van der Waals surface area (Å²) in [6, 6.07) is 0.545. The molecule has 15 heavy (non-hydrogen) atoms. The van der Waals surface area contributed by atoms with E-state index in [4.69, 9.17) is 5.14 Å². The molecule has 1 heterocycles. The van der Waals surface area contributed by atoms with Crippen LogP contribution >= 0.6 is 0 Å². The van der Waals surface area contributed by atoms with Gasteiger partial charge >= 0.3 is 0 Å². The number of nitrogens with one attached hydrogen (secondary N) is 1. The standard InChI is InChI=1S/C7H8F2N2O3S/c1-3-6(7(8)9)4(15(10,13)14)2-5(12)11-3/h2,7H,1H3,(H,11,12)(H2,10,13,14). The molecule has 1 aromatic rings. The van der Waals surface area contributed by atoms with Gasteiger partial charge in [-0.2, -0.15) is 0 Å². The predicted octanol–water partition coefficient (Wildman–Crippen LogP) is 0.268. The van der Waals surface area contributed by atoms with Gasteiger partial charge in [0.1, 0.15) is 0 Å². The van der Waals surface area contributed by atoms with Crippen LogP contribution in [0.25, 0.3) is 0 Å². The van der Waals surface area contributed by atoms with E-state index < -0.39 is 32.5 Å². The molecule has 0 fully saturated rings. The largest absolute Gasteiger partial charge is 0.326 e. The van der Waals surface area contributed by atoms with Crippen LogP contribution in [0, 0.1) is 6.92 Å². The number of H-pyrrole nitrogens is 1. The van der Waals surface area contributed by atoms with Crippen molar-refractivity contribution < 1.29 is 17.2 Å². The highest BCUT2D eigenvalue weighted by Crippen LogP contribution is 2.26. The van der Waals surface area contributed by atoms with Crippen molar-refractivity contribution in [3.8, 4) is 0 Å². The monoisotopic (exact) mass is 238 g/mol. The Labute approximate surface area is 84.0 Å². The van der Waals surface area contributed by atoms with Gasteiger partial charge in [0, 0.05) is 11.8 Å². The molecule has 5 nitrogen and oxygen atoms in total. The first kappa shape index (κ1) is 11.8. The SMILES string of the molecule is Cc1[nH]c(=O)cc(S(N)(=O)=O)c1C(F)F. The zero-order valence-electron chi connectivity index (χ0n) is 7.62. The smallest absolute Gasteiger partial charge is 0.266 e. The summed E-state index contributed by atoms with van der Waals surface area (Å²) in [6.45, 7) is 1.18. The second-order valence-corrected chi connectivity index (χ2v) is 4.41. The molecule has 0 saturated heterocycles. The molecule has 1 rings (SSSR count). The van der Waals surface area contributed by atoms with Crippen molar-refractivity contribution in [2.75, 3.05) is 0 Å². The van der Waals surface area contributed by atoms with E-state index in [1.807, 2.05) is 0 Å². The third kappa shape index (κ3) is 2.39. The van der Waals surface area contributed by atoms with Gasteiger partial charge < -0.3 is 4.98 Å². The first-order chi connectivity index (χ1) is 6.73. The number of nitrogens with two attached hydrogens (primary N) is 1. The quantitative estimate of drug-likeness (QED) is 0.774. The van der Waals surface area contributed by atoms with Gasteiger partial charge in [0.25, 0.3) is 6.43 Å². The van der Waals surface area contributed by atoms with Gasteiger partial charge in [-0.05, 0) is 6.92 Å². The molecule has 8 heteroatoms. The van der Waals surface area contributed by atoms with E-state index in [2.05, 4.69) is 4.98 Å². The maximum Gasteiger partial charge on any atom is 0.266 e. The number of aryl methyl sites for hydroxylation is 1. The van der Waals surface area contributed by atoms with E-state index in [1.54, 1.807) is 0 Å². The number of rotatable bonds is 2. The Kier molecular flexibility index (Phi) is 2.91. The maximum absolute atomic E-state index is 12.5. The van der Waals surface area contributed by atoms with Crippen LogP contribution in [0.4, 0.5) is 8.78 Å². The Bertz CT molecular complexity index is 536. The van der Waals surface area contributed by atoms with Crippen LogP contribution in [-0.2, 0) is 10.0 Å². The summed E-state index contributed by atoms with van der Waals surface area (Å²) in [7, 11) is -4.32. The van der Waals surface area contributed by atoms with Crippen LogP contribution in [0.3, 0.4) is 0 Å². The Morgan fingerprint density at radius 2 is 2.00 bits per heavy atom. The van der Waals surface area contributed by atoms with Gasteiger partial charge in [0.05, 0.1) is 10.5 Å². The number of aromatic nitrogens is 1. The fourth-order valence-electron chi connectivity index (χ4n) is 1.18. The van der Waals surface area contributed by atoms with Gasteiger partial charge in [-0.3, -0.25) is 4.79 Å². The zero-order valence-corrected chi connectivity index (χ0v) is 8.44. The second-order valence-electron chi connectivity index (χ2n) is 2.88. The minimum absolute atomic E-state index is 0.207. The summed E-state index contributed by atoms with van der Waals surface area (Å²) in [4.78, 5) is 12.2. The zero-order chi connectivity index (χ0) is 11.8. The van der Waals surface area contributed by atoms with E-state index in [1.165, 1.54) is 6.92 Å². The molecule has 0 aliphatic heterocycles. The second kappa shape index (κ2) is 3.70. The fraction of sp³-hybridized carbons (Fsp3) is 0.286. The third-order valence-electron chi connectivity index (χ3n) is 1.77. The van der Waals surface area contributed by atoms with E-state index in [9.17, 15) is 22.0 Å². The molecule has 0 aliphatic rings. The average molecular weight is 238 g/mol. The molecule has 0 radical (unpaired) electrons. The van der Waals surface area contributed by atoms with Gasteiger partial charge in [0.2, 0.25) is 15.6 Å². The molecule has 0 aliphatic carbocycles. The van der Waals surface area contributed by atoms with Crippen molar-refractivity contribution in [2.45, 2.75) is 18.2 Å². The molecule has 0 saturated carbocycles. The number of aromatic amines is 1. The summed E-state index contributed by atoms with van der Waals surface area (Å²) in [6.07, 6.45) is -3.02. The van der Waals surface area contributed by atoms with E-state index in [0.717, 1.165) is 0 Å². The van der Waals surface area contributed by atoms with Crippen LogP contribution < -0.4 is 10.7 Å². The summed E-state index contributed by atoms with van der Waals surface area (Å²) >= 11 is 0. The third-order valence-corrected chi connectivity index (χ3v) is 2.72.